The Hall–Kier alpha value is 0.973. The van der Waals surface area contributed by atoms with Gasteiger partial charge in [-0.25, -0.2) is 0 Å². The van der Waals surface area contributed by atoms with E-state index in [1.54, 1.807) is 0 Å². The number of nitrogens with two attached hydrogens (primary N) is 1. The van der Waals surface area contributed by atoms with Crippen LogP contribution < -0.4 is 5.73 Å². The third-order valence-electron chi connectivity index (χ3n) is 2.29. The molecule has 0 aliphatic heterocycles. The summed E-state index contributed by atoms with van der Waals surface area (Å²) in [6.45, 7) is 4.45. The van der Waals surface area contributed by atoms with Gasteiger partial charge in [-0.3, -0.25) is 0 Å². The Bertz CT molecular complexity index is 112. The van der Waals surface area contributed by atoms with Crippen molar-refractivity contribution in [1.82, 2.24) is 0 Å². The third-order valence-corrected chi connectivity index (χ3v) is 2.29. The van der Waals surface area contributed by atoms with Gasteiger partial charge in [0.05, 0.1) is 0 Å². The Morgan fingerprint density at radius 2 is 2.18 bits per heavy atom. The molecule has 1 saturated carbocycles. The number of rotatable bonds is 0. The summed E-state index contributed by atoms with van der Waals surface area (Å²) in [6, 6.07) is 0. The molecule has 2 atom stereocenters. The topological polar surface area (TPSA) is 26.0 Å². The van der Waals surface area contributed by atoms with Crippen LogP contribution in [0.4, 0.5) is 0 Å². The molecule has 2 heteroatoms. The summed E-state index contributed by atoms with van der Waals surface area (Å²) >= 11 is 0. The first-order chi connectivity index (χ1) is 4.60. The predicted octanol–water partition coefficient (Wildman–Crippen LogP) is 2.12. The third kappa shape index (κ3) is 4.53. The molecule has 1 nitrogen and oxygen atoms in total. The molecule has 1 fully saturated rings. The van der Waals surface area contributed by atoms with Crippen LogP contribution in [-0.4, -0.2) is 5.54 Å². The van der Waals surface area contributed by atoms with Gasteiger partial charge in [-0.1, -0.05) is 13.3 Å². The molecule has 0 saturated heterocycles. The van der Waals surface area contributed by atoms with E-state index in [9.17, 15) is 0 Å². The van der Waals surface area contributed by atoms with Gasteiger partial charge >= 0.3 is 0 Å². The summed E-state index contributed by atoms with van der Waals surface area (Å²) in [5, 5.41) is 0. The summed E-state index contributed by atoms with van der Waals surface area (Å²) in [5.74, 6) is 0.814. The Labute approximate surface area is 92.8 Å². The summed E-state index contributed by atoms with van der Waals surface area (Å²) in [6.07, 6.45) is 7.20. The maximum Gasteiger partial charge on any atom is 0 e. The summed E-state index contributed by atoms with van der Waals surface area (Å²) in [7, 11) is 0. The Kier molecular flexibility index (Phi) is 5.30. The average molecular weight is 377 g/mol. The van der Waals surface area contributed by atoms with Crippen molar-refractivity contribution in [3.05, 3.63) is 6.42 Å². The molecule has 1 rings (SSSR count). The fourth-order valence-electron chi connectivity index (χ4n) is 1.82. The molecule has 2 N–H and O–H groups in total. The number of hydrogen-bond donors (Lipinski definition) is 1. The Morgan fingerprint density at radius 1 is 1.55 bits per heavy atom. The van der Waals surface area contributed by atoms with E-state index in [4.69, 9.17) is 5.73 Å². The van der Waals surface area contributed by atoms with Crippen LogP contribution in [0.15, 0.2) is 0 Å². The van der Waals surface area contributed by atoms with Gasteiger partial charge in [0.25, 0.3) is 0 Å². The summed E-state index contributed by atoms with van der Waals surface area (Å²) in [4.78, 5) is 0. The molecule has 0 heterocycles. The van der Waals surface area contributed by atoms with E-state index < -0.39 is 0 Å². The monoisotopic (exact) mass is 376 g/mol. The first kappa shape index (κ1) is 12.0. The first-order valence-electron chi connectivity index (χ1n) is 4.21. The SMILES string of the molecule is CC1CC[CH-]C[C@@](C)(N)C1.[Np]. The molecule has 0 aromatic carbocycles. The van der Waals surface area contributed by atoms with Gasteiger partial charge in [-0.15, -0.1) is 0 Å². The second-order valence-electron chi connectivity index (χ2n) is 4.03. The minimum Gasteiger partial charge on any atom is -0.328 e. The average Bonchev–Trinajstić information content (AvgIpc) is 1.90. The largest absolute Gasteiger partial charge is 0.328 e. The zero-order valence-electron chi connectivity index (χ0n) is 7.51. The van der Waals surface area contributed by atoms with E-state index in [0.717, 1.165) is 12.3 Å². The zero-order valence-corrected chi connectivity index (χ0v) is 11.2. The van der Waals surface area contributed by atoms with Crippen molar-refractivity contribution in [3.8, 4) is 0 Å². The molecule has 1 aliphatic carbocycles. The minimum absolute atomic E-state index is 0. The van der Waals surface area contributed by atoms with Crippen LogP contribution in [0.1, 0.15) is 39.5 Å². The second kappa shape index (κ2) is 4.87. The van der Waals surface area contributed by atoms with E-state index in [-0.39, 0.29) is 35.5 Å². The quantitative estimate of drug-likeness (QED) is 0.508. The maximum absolute atomic E-state index is 6.04. The van der Waals surface area contributed by atoms with E-state index in [1.165, 1.54) is 19.3 Å². The van der Waals surface area contributed by atoms with Crippen LogP contribution in [0.3, 0.4) is 0 Å². The van der Waals surface area contributed by atoms with Crippen LogP contribution in [0.25, 0.3) is 0 Å². The molecule has 1 radical (unpaired) electrons. The van der Waals surface area contributed by atoms with Crippen molar-refractivity contribution >= 4 is 0 Å². The van der Waals surface area contributed by atoms with Gasteiger partial charge in [0.2, 0.25) is 0 Å². The smallest absolute Gasteiger partial charge is 0 e. The van der Waals surface area contributed by atoms with E-state index in [2.05, 4.69) is 20.3 Å². The number of hydrogen-bond acceptors (Lipinski definition) is 1. The van der Waals surface area contributed by atoms with Crippen LogP contribution in [-0.2, 0) is 0 Å². The molecule has 0 amide bonds. The Balaban J connectivity index is 0.000001000. The molecule has 0 spiro atoms. The van der Waals surface area contributed by atoms with Gasteiger partial charge < -0.3 is 12.2 Å². The molecule has 0 aromatic rings. The summed E-state index contributed by atoms with van der Waals surface area (Å²) < 4.78 is 0. The van der Waals surface area contributed by atoms with Crippen LogP contribution in [0.2, 0.25) is 0 Å². The van der Waals surface area contributed by atoms with E-state index in [1.807, 2.05) is 0 Å². The molecule has 0 aromatic heterocycles. The van der Waals surface area contributed by atoms with Crippen molar-refractivity contribution in [2.45, 2.75) is 45.1 Å². The van der Waals surface area contributed by atoms with Gasteiger partial charge in [0, 0.05) is 29.9 Å². The van der Waals surface area contributed by atoms with Crippen LogP contribution in [0.5, 0.6) is 0 Å². The van der Waals surface area contributed by atoms with Gasteiger partial charge in [-0.2, -0.15) is 12.8 Å². The molecular weight excluding hydrogens is 359 g/mol. The van der Waals surface area contributed by atoms with Crippen LogP contribution in [0, 0.1) is 42.3 Å². The fraction of sp³-hybridized carbons (Fsp3) is 0.889. The minimum atomic E-state index is 0. The Morgan fingerprint density at radius 3 is 2.82 bits per heavy atom. The second-order valence-corrected chi connectivity index (χ2v) is 4.03. The van der Waals surface area contributed by atoms with Crippen molar-refractivity contribution in [2.75, 3.05) is 0 Å². The van der Waals surface area contributed by atoms with Gasteiger partial charge in [-0.05, 0) is 24.8 Å². The van der Waals surface area contributed by atoms with E-state index >= 15 is 0 Å². The van der Waals surface area contributed by atoms with Gasteiger partial charge in [0.15, 0.2) is 0 Å². The first-order valence-corrected chi connectivity index (χ1v) is 4.21. The molecule has 1 aliphatic rings. The fourth-order valence-corrected chi connectivity index (χ4v) is 1.82. The van der Waals surface area contributed by atoms with Crippen LogP contribution >= 0.6 is 0 Å². The molecular formula is C9H18NNp-. The van der Waals surface area contributed by atoms with Crippen molar-refractivity contribution in [3.63, 3.8) is 0 Å². The maximum atomic E-state index is 6.04. The zero-order chi connectivity index (χ0) is 7.61. The standard InChI is InChI=1S/C9H18N.Np/c1-8-5-3-4-6-9(2,10)7-8;/h4,8H,3,5-7,10H2,1-2H3;/q-1;/t8?,9-;/m1./s1. The predicted molar refractivity (Wildman–Crippen MR) is 44.5 cm³/mol. The van der Waals surface area contributed by atoms with Crippen molar-refractivity contribution < 1.29 is 29.9 Å². The van der Waals surface area contributed by atoms with E-state index in [0.29, 0.717) is 0 Å². The summed E-state index contributed by atoms with van der Waals surface area (Å²) in [5.41, 5.74) is 6.12. The molecule has 11 heavy (non-hydrogen) atoms. The molecule has 0 bridgehead atoms. The normalized spacial score (nSPS) is 39.0. The molecule has 1 unspecified atom stereocenters. The van der Waals surface area contributed by atoms with Crippen molar-refractivity contribution in [2.24, 2.45) is 11.7 Å². The molecule has 65 valence electrons. The van der Waals surface area contributed by atoms with Crippen molar-refractivity contribution in [1.29, 1.82) is 0 Å². The van der Waals surface area contributed by atoms with Gasteiger partial charge in [0.1, 0.15) is 0 Å².